The second kappa shape index (κ2) is 12.2. The molecule has 5 nitrogen and oxygen atoms in total. The third-order valence-electron chi connectivity index (χ3n) is 5.31. The van der Waals surface area contributed by atoms with Gasteiger partial charge in [-0.2, -0.15) is 0 Å². The number of fused-ring (bicyclic) bond motifs is 2. The number of hydrogen-bond donors (Lipinski definition) is 3. The van der Waals surface area contributed by atoms with Gasteiger partial charge in [-0.1, -0.05) is 38.5 Å². The SMILES string of the molecule is N[C@H]1COCCCCCCCCCCOC2CCNC(C2)C[C@H]1O. The van der Waals surface area contributed by atoms with Crippen molar-refractivity contribution in [1.82, 2.24) is 5.32 Å². The fraction of sp³-hybridized carbons (Fsp3) is 1.00. The lowest BCUT2D eigenvalue weighted by molar-refractivity contribution is 0.00729. The summed E-state index contributed by atoms with van der Waals surface area (Å²) in [4.78, 5) is 0. The lowest BCUT2D eigenvalue weighted by Crippen LogP contribution is -2.47. The minimum Gasteiger partial charge on any atom is -0.391 e. The minimum absolute atomic E-state index is 0.296. The Hall–Kier alpha value is -0.200. The molecule has 24 heavy (non-hydrogen) atoms. The van der Waals surface area contributed by atoms with Crippen LogP contribution < -0.4 is 11.1 Å². The second-order valence-corrected chi connectivity index (χ2v) is 7.54. The fourth-order valence-corrected chi connectivity index (χ4v) is 3.71. The molecule has 2 saturated heterocycles. The van der Waals surface area contributed by atoms with Crippen molar-refractivity contribution in [3.8, 4) is 0 Å². The molecule has 2 heterocycles. The van der Waals surface area contributed by atoms with Gasteiger partial charge in [-0.15, -0.1) is 0 Å². The topological polar surface area (TPSA) is 76.7 Å². The quantitative estimate of drug-likeness (QED) is 0.630. The molecule has 2 aliphatic rings. The van der Waals surface area contributed by atoms with E-state index < -0.39 is 6.10 Å². The van der Waals surface area contributed by atoms with Gasteiger partial charge < -0.3 is 25.6 Å². The van der Waals surface area contributed by atoms with Gasteiger partial charge in [-0.05, 0) is 38.6 Å². The molecule has 2 aliphatic heterocycles. The molecule has 5 heteroatoms. The Morgan fingerprint density at radius 1 is 0.875 bits per heavy atom. The molecule has 0 radical (unpaired) electrons. The van der Waals surface area contributed by atoms with Crippen LogP contribution in [0.5, 0.6) is 0 Å². The normalized spacial score (nSPS) is 36.2. The van der Waals surface area contributed by atoms with E-state index >= 15 is 0 Å². The van der Waals surface area contributed by atoms with Crippen molar-refractivity contribution < 1.29 is 14.6 Å². The van der Waals surface area contributed by atoms with Gasteiger partial charge in [0.05, 0.1) is 24.9 Å². The molecular formula is C19H38N2O3. The third-order valence-corrected chi connectivity index (χ3v) is 5.31. The first-order chi connectivity index (χ1) is 11.8. The summed E-state index contributed by atoms with van der Waals surface area (Å²) < 4.78 is 11.7. The summed E-state index contributed by atoms with van der Waals surface area (Å²) in [5.74, 6) is 0. The van der Waals surface area contributed by atoms with E-state index in [0.29, 0.717) is 25.2 Å². The van der Waals surface area contributed by atoms with Gasteiger partial charge in [0, 0.05) is 19.3 Å². The maximum Gasteiger partial charge on any atom is 0.0728 e. The third kappa shape index (κ3) is 8.26. The summed E-state index contributed by atoms with van der Waals surface area (Å²) in [5.41, 5.74) is 6.09. The molecule has 2 unspecified atom stereocenters. The van der Waals surface area contributed by atoms with Crippen LogP contribution in [0.3, 0.4) is 0 Å². The minimum atomic E-state index is -0.511. The van der Waals surface area contributed by atoms with Crippen LogP contribution in [-0.4, -0.2) is 55.8 Å². The second-order valence-electron chi connectivity index (χ2n) is 7.54. The van der Waals surface area contributed by atoms with Gasteiger partial charge in [0.25, 0.3) is 0 Å². The van der Waals surface area contributed by atoms with Crippen molar-refractivity contribution in [2.75, 3.05) is 26.4 Å². The van der Waals surface area contributed by atoms with Crippen LogP contribution in [0.2, 0.25) is 0 Å². The summed E-state index contributed by atoms with van der Waals surface area (Å²) >= 11 is 0. The number of piperidine rings is 1. The molecule has 4 N–H and O–H groups in total. The lowest BCUT2D eigenvalue weighted by Gasteiger charge is -2.32. The van der Waals surface area contributed by atoms with Gasteiger partial charge in [-0.3, -0.25) is 0 Å². The number of nitrogens with two attached hydrogens (primary N) is 1. The monoisotopic (exact) mass is 342 g/mol. The average molecular weight is 343 g/mol. The number of aliphatic hydroxyl groups excluding tert-OH is 1. The molecule has 0 aromatic carbocycles. The van der Waals surface area contributed by atoms with Crippen molar-refractivity contribution in [3.05, 3.63) is 0 Å². The van der Waals surface area contributed by atoms with Gasteiger partial charge in [0.15, 0.2) is 0 Å². The van der Waals surface area contributed by atoms with Crippen molar-refractivity contribution in [2.24, 2.45) is 5.73 Å². The van der Waals surface area contributed by atoms with Gasteiger partial charge in [-0.25, -0.2) is 0 Å². The largest absolute Gasteiger partial charge is 0.391 e. The summed E-state index contributed by atoms with van der Waals surface area (Å²) in [7, 11) is 0. The highest BCUT2D eigenvalue weighted by atomic mass is 16.5. The highest BCUT2D eigenvalue weighted by Crippen LogP contribution is 2.18. The lowest BCUT2D eigenvalue weighted by atomic mass is 9.94. The molecular weight excluding hydrogens is 304 g/mol. The van der Waals surface area contributed by atoms with Crippen LogP contribution >= 0.6 is 0 Å². The summed E-state index contributed by atoms with van der Waals surface area (Å²) in [6.07, 6.45) is 12.6. The first-order valence-corrected chi connectivity index (χ1v) is 10.1. The van der Waals surface area contributed by atoms with Crippen molar-refractivity contribution in [2.45, 2.75) is 94.9 Å². The van der Waals surface area contributed by atoms with E-state index in [1.165, 1.54) is 44.9 Å². The highest BCUT2D eigenvalue weighted by molar-refractivity contribution is 4.84. The molecule has 0 saturated carbocycles. The van der Waals surface area contributed by atoms with E-state index in [2.05, 4.69) is 5.32 Å². The molecule has 0 aromatic rings. The first kappa shape index (κ1) is 20.1. The predicted molar refractivity (Wildman–Crippen MR) is 97.1 cm³/mol. The first-order valence-electron chi connectivity index (χ1n) is 10.1. The Labute approximate surface area is 147 Å². The summed E-state index contributed by atoms with van der Waals surface area (Å²) in [6, 6.07) is 0.00191. The van der Waals surface area contributed by atoms with Crippen LogP contribution in [0.1, 0.15) is 70.6 Å². The average Bonchev–Trinajstić information content (AvgIpc) is 2.58. The van der Waals surface area contributed by atoms with E-state index in [9.17, 15) is 5.11 Å². The predicted octanol–water partition coefficient (Wildman–Crippen LogP) is 2.35. The molecule has 2 bridgehead atoms. The maximum absolute atomic E-state index is 10.3. The highest BCUT2D eigenvalue weighted by Gasteiger charge is 2.26. The van der Waals surface area contributed by atoms with E-state index in [1.54, 1.807) is 0 Å². The molecule has 2 fully saturated rings. The molecule has 0 aliphatic carbocycles. The number of aliphatic hydroxyl groups is 1. The van der Waals surface area contributed by atoms with E-state index in [0.717, 1.165) is 39.0 Å². The van der Waals surface area contributed by atoms with Crippen LogP contribution in [0.15, 0.2) is 0 Å². The molecule has 0 aromatic heterocycles. The Morgan fingerprint density at radius 3 is 2.29 bits per heavy atom. The Morgan fingerprint density at radius 2 is 1.54 bits per heavy atom. The van der Waals surface area contributed by atoms with E-state index in [4.69, 9.17) is 15.2 Å². The van der Waals surface area contributed by atoms with Crippen molar-refractivity contribution in [3.63, 3.8) is 0 Å². The van der Waals surface area contributed by atoms with Crippen LogP contribution in [0.4, 0.5) is 0 Å². The van der Waals surface area contributed by atoms with Crippen molar-refractivity contribution >= 4 is 0 Å². The van der Waals surface area contributed by atoms with Crippen LogP contribution in [0, 0.1) is 0 Å². The molecule has 142 valence electrons. The molecule has 4 atom stereocenters. The van der Waals surface area contributed by atoms with Gasteiger partial charge in [0.2, 0.25) is 0 Å². The van der Waals surface area contributed by atoms with E-state index in [1.807, 2.05) is 0 Å². The maximum atomic E-state index is 10.3. The standard InChI is InChI=1S/C19H38N2O3/c20-18-15-23-11-7-5-3-1-2-4-6-8-12-24-17-9-10-21-16(13-17)14-19(18)22/h16-19,21-22H,1-15,20H2/t16?,17?,18-,19+/m0/s1. The van der Waals surface area contributed by atoms with Crippen LogP contribution in [0.25, 0.3) is 0 Å². The molecule has 2 rings (SSSR count). The number of hydrogen-bond acceptors (Lipinski definition) is 5. The zero-order valence-corrected chi connectivity index (χ0v) is 15.3. The van der Waals surface area contributed by atoms with Gasteiger partial charge in [0.1, 0.15) is 0 Å². The Balaban J connectivity index is 1.77. The Kier molecular flexibility index (Phi) is 10.2. The van der Waals surface area contributed by atoms with Crippen molar-refractivity contribution in [1.29, 1.82) is 0 Å². The Bertz CT molecular complexity index is 317. The van der Waals surface area contributed by atoms with Gasteiger partial charge >= 0.3 is 0 Å². The molecule has 0 spiro atoms. The summed E-state index contributed by atoms with van der Waals surface area (Å²) in [6.45, 7) is 3.06. The number of nitrogens with one attached hydrogen (secondary N) is 1. The zero-order valence-electron chi connectivity index (χ0n) is 15.3. The smallest absolute Gasteiger partial charge is 0.0728 e. The van der Waals surface area contributed by atoms with Crippen LogP contribution in [-0.2, 0) is 9.47 Å². The summed E-state index contributed by atoms with van der Waals surface area (Å²) in [5, 5.41) is 13.8. The fourth-order valence-electron chi connectivity index (χ4n) is 3.71. The van der Waals surface area contributed by atoms with E-state index in [-0.39, 0.29) is 6.04 Å². The number of ether oxygens (including phenoxy) is 2. The molecule has 0 amide bonds. The number of rotatable bonds is 0. The zero-order chi connectivity index (χ0) is 17.0.